The Labute approximate surface area is 369 Å². The van der Waals surface area contributed by atoms with Gasteiger partial charge in [0.1, 0.15) is 17.0 Å². The molecule has 1 aliphatic heterocycles. The van der Waals surface area contributed by atoms with Gasteiger partial charge in [0.05, 0.1) is 22.7 Å². The third kappa shape index (κ3) is 10.6. The number of carbonyl (C=O) groups excluding carboxylic acids is 5. The Bertz CT molecular complexity index is 2370. The van der Waals surface area contributed by atoms with E-state index in [0.29, 0.717) is 27.1 Å². The molecule has 5 amide bonds. The second kappa shape index (κ2) is 20.9. The number of Topliss-reactive ketones (excluding diaryl/α,β-unsaturated/α-hetero) is 1. The summed E-state index contributed by atoms with van der Waals surface area (Å²) in [5.41, 5.74) is 0.194. The number of rotatable bonds is 21. The van der Waals surface area contributed by atoms with Crippen LogP contribution in [0.1, 0.15) is 101 Å². The maximum atomic E-state index is 14.4. The van der Waals surface area contributed by atoms with Gasteiger partial charge in [0, 0.05) is 11.3 Å². The first kappa shape index (κ1) is 47.3. The first-order valence-corrected chi connectivity index (χ1v) is 22.8. The summed E-state index contributed by atoms with van der Waals surface area (Å²) in [6, 6.07) is 19.6. The maximum absolute atomic E-state index is 14.4. The number of nitrogens with one attached hydrogen (secondary N) is 2. The Balaban J connectivity index is 1.44. The lowest BCUT2D eigenvalue weighted by molar-refractivity contribution is -0.135. The number of amides is 5. The second-order valence-electron chi connectivity index (χ2n) is 15.6. The summed E-state index contributed by atoms with van der Waals surface area (Å²) in [4.78, 5) is 71.0. The average molecular weight is 887 g/mol. The van der Waals surface area contributed by atoms with Crippen LogP contribution in [0.25, 0.3) is 0 Å². The van der Waals surface area contributed by atoms with E-state index in [9.17, 15) is 32.4 Å². The third-order valence-electron chi connectivity index (χ3n) is 10.7. The van der Waals surface area contributed by atoms with E-state index < -0.39 is 57.2 Å². The Morgan fingerprint density at radius 1 is 0.790 bits per heavy atom. The number of ketones is 1. The molecule has 1 heterocycles. The number of carbonyl (C=O) groups is 5. The van der Waals surface area contributed by atoms with Gasteiger partial charge in [0.2, 0.25) is 0 Å². The van der Waals surface area contributed by atoms with Crippen molar-refractivity contribution in [3.63, 3.8) is 0 Å². The fraction of sp³-hybridized carbons (Fsp3) is 0.383. The number of unbranched alkanes of at least 4 members (excludes halogenated alkanes) is 4. The first-order chi connectivity index (χ1) is 29.6. The number of halogens is 1. The van der Waals surface area contributed by atoms with Crippen LogP contribution >= 0.6 is 11.6 Å². The van der Waals surface area contributed by atoms with E-state index in [1.807, 2.05) is 13.0 Å². The van der Waals surface area contributed by atoms with Crippen molar-refractivity contribution >= 4 is 62.5 Å². The maximum Gasteiger partial charge on any atom is 0.342 e. The van der Waals surface area contributed by atoms with Crippen molar-refractivity contribution in [1.29, 1.82) is 0 Å². The molecule has 1 fully saturated rings. The first-order valence-electron chi connectivity index (χ1n) is 20.9. The van der Waals surface area contributed by atoms with Crippen LogP contribution in [0, 0.1) is 0 Å². The molecule has 13 nitrogen and oxygen atoms in total. The normalized spacial score (nSPS) is 14.6. The lowest BCUT2D eigenvalue weighted by Crippen LogP contribution is -2.53. The Morgan fingerprint density at radius 2 is 1.45 bits per heavy atom. The fourth-order valence-corrected chi connectivity index (χ4v) is 9.06. The van der Waals surface area contributed by atoms with Gasteiger partial charge in [-0.15, -0.1) is 0 Å². The van der Waals surface area contributed by atoms with Crippen LogP contribution in [0.15, 0.2) is 95.9 Å². The van der Waals surface area contributed by atoms with Crippen molar-refractivity contribution in [3.05, 3.63) is 113 Å². The molecule has 15 heteroatoms. The summed E-state index contributed by atoms with van der Waals surface area (Å²) in [5, 5.41) is 5.40. The molecule has 2 unspecified atom stereocenters. The quantitative estimate of drug-likeness (QED) is 0.0359. The Hall–Kier alpha value is -5.73. The van der Waals surface area contributed by atoms with E-state index in [1.54, 1.807) is 6.07 Å². The van der Waals surface area contributed by atoms with Gasteiger partial charge in [0.25, 0.3) is 27.7 Å². The molecule has 2 atom stereocenters. The van der Waals surface area contributed by atoms with Crippen molar-refractivity contribution in [3.8, 4) is 11.5 Å². The topological polar surface area (TPSA) is 168 Å². The molecule has 4 aromatic carbocycles. The van der Waals surface area contributed by atoms with Crippen LogP contribution < -0.4 is 20.1 Å². The summed E-state index contributed by atoms with van der Waals surface area (Å²) in [6.07, 6.45) is 7.56. The van der Waals surface area contributed by atoms with Gasteiger partial charge in [0.15, 0.2) is 17.9 Å². The van der Waals surface area contributed by atoms with Gasteiger partial charge in [-0.25, -0.2) is 22.4 Å². The van der Waals surface area contributed by atoms with Crippen molar-refractivity contribution in [2.75, 3.05) is 17.7 Å². The number of hydrogen-bond acceptors (Lipinski definition) is 9. The average Bonchev–Trinajstić information content (AvgIpc) is 3.44. The number of hydrogen-bond donors (Lipinski definition) is 2. The summed E-state index contributed by atoms with van der Waals surface area (Å²) >= 11 is 6.57. The number of nitrogens with zero attached hydrogens (tertiary/aromatic N) is 2. The Kier molecular flexibility index (Phi) is 15.9. The number of urea groups is 1. The molecule has 0 spiro atoms. The number of benzene rings is 4. The smallest absolute Gasteiger partial charge is 0.342 e. The molecule has 330 valence electrons. The summed E-state index contributed by atoms with van der Waals surface area (Å²) < 4.78 is 39.8. The van der Waals surface area contributed by atoms with Crippen LogP contribution in [0.4, 0.5) is 16.2 Å². The minimum absolute atomic E-state index is 0.000386. The summed E-state index contributed by atoms with van der Waals surface area (Å²) in [5.74, 6) is -2.67. The zero-order chi connectivity index (χ0) is 45.2. The van der Waals surface area contributed by atoms with E-state index in [-0.39, 0.29) is 26.9 Å². The lowest BCUT2D eigenvalue weighted by atomic mass is 10.00. The second-order valence-corrected chi connectivity index (χ2v) is 17.8. The van der Waals surface area contributed by atoms with E-state index in [0.717, 1.165) is 62.5 Å². The van der Waals surface area contributed by atoms with Crippen molar-refractivity contribution in [2.24, 2.45) is 0 Å². The zero-order valence-corrected chi connectivity index (χ0v) is 37.6. The number of methoxy groups -OCH3 is 1. The van der Waals surface area contributed by atoms with Gasteiger partial charge >= 0.3 is 6.03 Å². The van der Waals surface area contributed by atoms with Crippen molar-refractivity contribution in [2.45, 2.75) is 115 Å². The zero-order valence-electron chi connectivity index (χ0n) is 36.0. The fourth-order valence-electron chi connectivity index (χ4n) is 7.21. The lowest BCUT2D eigenvalue weighted by Gasteiger charge is -2.26. The molecule has 0 bridgehead atoms. The molecule has 4 aromatic rings. The molecule has 0 aromatic heterocycles. The molecule has 0 saturated carbocycles. The van der Waals surface area contributed by atoms with Gasteiger partial charge in [-0.2, -0.15) is 0 Å². The molecule has 1 aliphatic rings. The van der Waals surface area contributed by atoms with Gasteiger partial charge in [-0.1, -0.05) is 88.4 Å². The highest BCUT2D eigenvalue weighted by Gasteiger charge is 2.61. The largest absolute Gasteiger partial charge is 0.497 e. The summed E-state index contributed by atoms with van der Waals surface area (Å²) in [7, 11) is -3.23. The van der Waals surface area contributed by atoms with E-state index in [2.05, 4.69) is 36.6 Å². The number of sulfonamides is 1. The number of aryl methyl sites for hydroxylation is 2. The Morgan fingerprint density at radius 3 is 2.08 bits per heavy atom. The van der Waals surface area contributed by atoms with E-state index >= 15 is 0 Å². The SMILES string of the molecule is CCCCCc1ccc(CCCCC)c(OC(CC)C(=O)Nc2ccc(Cl)c(NC(=O)C(C(=O)c3ccc(OC)cc3)N3C(=O)N(S(=O)(=O)c4ccccc4)C(C)(C)C3=O)c2)c1. The number of anilines is 2. The molecule has 0 radical (unpaired) electrons. The minimum atomic E-state index is -4.66. The van der Waals surface area contributed by atoms with E-state index in [4.69, 9.17) is 21.1 Å². The standard InChI is InChI=1S/C47H55ClN4O9S/c1-7-10-13-17-31-21-22-32(18-14-11-8-2)40(29-31)61-39(9-3)43(54)49-34-25-28-37(48)38(30-34)50-44(55)41(42(53)33-23-26-35(60-6)27-24-33)51-45(56)47(4,5)52(46(51)57)62(58,59)36-19-15-12-16-20-36/h12,15-16,19-30,39,41H,7-11,13-14,17-18H2,1-6H3,(H,49,54)(H,50,55). The molecular weight excluding hydrogens is 832 g/mol. The van der Waals surface area contributed by atoms with Crippen molar-refractivity contribution < 1.29 is 41.9 Å². The molecule has 62 heavy (non-hydrogen) atoms. The van der Waals surface area contributed by atoms with Crippen LogP contribution in [-0.2, 0) is 37.2 Å². The predicted octanol–water partition coefficient (Wildman–Crippen LogP) is 9.23. The summed E-state index contributed by atoms with van der Waals surface area (Å²) in [6.45, 7) is 8.58. The van der Waals surface area contributed by atoms with Crippen LogP contribution in [0.2, 0.25) is 5.02 Å². The number of imide groups is 1. The van der Waals surface area contributed by atoms with Crippen molar-refractivity contribution in [1.82, 2.24) is 9.21 Å². The molecule has 2 N–H and O–H groups in total. The van der Waals surface area contributed by atoms with Crippen LogP contribution in [0.5, 0.6) is 11.5 Å². The van der Waals surface area contributed by atoms with E-state index in [1.165, 1.54) is 87.7 Å². The van der Waals surface area contributed by atoms with Gasteiger partial charge in [-0.05, 0) is 118 Å². The number of ether oxygens (including phenoxy) is 2. The van der Waals surface area contributed by atoms with Crippen LogP contribution in [-0.4, -0.2) is 72.0 Å². The van der Waals surface area contributed by atoms with Gasteiger partial charge < -0.3 is 20.1 Å². The monoisotopic (exact) mass is 886 g/mol. The highest BCUT2D eigenvalue weighted by molar-refractivity contribution is 7.89. The molecular formula is C47H55ClN4O9S. The predicted molar refractivity (Wildman–Crippen MR) is 239 cm³/mol. The highest BCUT2D eigenvalue weighted by Crippen LogP contribution is 2.36. The molecule has 0 aliphatic carbocycles. The molecule has 1 saturated heterocycles. The minimum Gasteiger partial charge on any atom is -0.497 e. The highest BCUT2D eigenvalue weighted by atomic mass is 35.5. The van der Waals surface area contributed by atoms with Gasteiger partial charge in [-0.3, -0.25) is 19.2 Å². The third-order valence-corrected chi connectivity index (χ3v) is 13.0. The van der Waals surface area contributed by atoms with Crippen LogP contribution in [0.3, 0.4) is 0 Å². The molecule has 5 rings (SSSR count).